The van der Waals surface area contributed by atoms with Gasteiger partial charge in [-0.2, -0.15) is 0 Å². The van der Waals surface area contributed by atoms with Gasteiger partial charge in [-0.05, 0) is 37.0 Å². The lowest BCUT2D eigenvalue weighted by atomic mass is 10.1. The maximum atomic E-state index is 13.6. The molecule has 2 aromatic rings. The second kappa shape index (κ2) is 5.49. The van der Waals surface area contributed by atoms with Gasteiger partial charge in [0.15, 0.2) is 0 Å². The molecule has 0 bridgehead atoms. The molecular formula is C15H11F2NO3S. The number of fused-ring (bicyclic) bond motifs is 1. The van der Waals surface area contributed by atoms with E-state index in [0.717, 1.165) is 47.3 Å². The Labute approximate surface area is 128 Å². The van der Waals surface area contributed by atoms with Crippen molar-refractivity contribution in [1.29, 1.82) is 0 Å². The van der Waals surface area contributed by atoms with Gasteiger partial charge in [0.2, 0.25) is 0 Å². The number of aromatic carboxylic acids is 1. The lowest BCUT2D eigenvalue weighted by Gasteiger charge is -2.07. The van der Waals surface area contributed by atoms with Crippen LogP contribution in [-0.4, -0.2) is 17.0 Å². The Hall–Kier alpha value is -2.28. The maximum Gasteiger partial charge on any atom is 0.339 e. The number of hydrogen-bond donors (Lipinski definition) is 2. The number of anilines is 1. The Balaban J connectivity index is 1.97. The fourth-order valence-corrected chi connectivity index (χ4v) is 3.88. The molecule has 1 amide bonds. The standard InChI is InChI=1S/C15H11F2NO3S/c16-8-4-2-5-9(17)12(8)13(19)18-14-11(15(20)21)7-3-1-6-10(7)22-14/h2,4-5H,1,3,6H2,(H,18,19)(H,20,21). The predicted molar refractivity (Wildman–Crippen MR) is 77.6 cm³/mol. The summed E-state index contributed by atoms with van der Waals surface area (Å²) in [5.74, 6) is -4.11. The van der Waals surface area contributed by atoms with Crippen molar-refractivity contribution in [3.05, 3.63) is 51.4 Å². The molecule has 0 spiro atoms. The van der Waals surface area contributed by atoms with Gasteiger partial charge in [-0.1, -0.05) is 6.07 Å². The fraction of sp³-hybridized carbons (Fsp3) is 0.200. The summed E-state index contributed by atoms with van der Waals surface area (Å²) in [6.07, 6.45) is 2.26. The number of hydrogen-bond acceptors (Lipinski definition) is 3. The first-order valence-corrected chi connectivity index (χ1v) is 7.44. The number of carbonyl (C=O) groups is 2. The summed E-state index contributed by atoms with van der Waals surface area (Å²) >= 11 is 1.15. The summed E-state index contributed by atoms with van der Waals surface area (Å²) in [5, 5.41) is 11.8. The maximum absolute atomic E-state index is 13.6. The van der Waals surface area contributed by atoms with Gasteiger partial charge in [-0.3, -0.25) is 4.79 Å². The first-order chi connectivity index (χ1) is 10.5. The molecular weight excluding hydrogens is 312 g/mol. The Morgan fingerprint density at radius 1 is 1.14 bits per heavy atom. The number of amides is 1. The van der Waals surface area contributed by atoms with Crippen molar-refractivity contribution >= 4 is 28.2 Å². The van der Waals surface area contributed by atoms with Crippen LogP contribution in [0.3, 0.4) is 0 Å². The van der Waals surface area contributed by atoms with E-state index in [4.69, 9.17) is 0 Å². The molecule has 7 heteroatoms. The fourth-order valence-electron chi connectivity index (χ4n) is 2.60. The lowest BCUT2D eigenvalue weighted by Crippen LogP contribution is -2.17. The van der Waals surface area contributed by atoms with Crippen LogP contribution in [0, 0.1) is 11.6 Å². The van der Waals surface area contributed by atoms with Gasteiger partial charge in [0.25, 0.3) is 5.91 Å². The van der Waals surface area contributed by atoms with Gasteiger partial charge in [-0.25, -0.2) is 13.6 Å². The molecule has 0 atom stereocenters. The Morgan fingerprint density at radius 3 is 2.45 bits per heavy atom. The third-order valence-corrected chi connectivity index (χ3v) is 4.76. The zero-order valence-electron chi connectivity index (χ0n) is 11.3. The number of benzene rings is 1. The van der Waals surface area contributed by atoms with Crippen LogP contribution in [0.4, 0.5) is 13.8 Å². The molecule has 22 heavy (non-hydrogen) atoms. The highest BCUT2D eigenvalue weighted by Crippen LogP contribution is 2.39. The molecule has 4 nitrogen and oxygen atoms in total. The van der Waals surface area contributed by atoms with Crippen molar-refractivity contribution in [1.82, 2.24) is 0 Å². The molecule has 2 N–H and O–H groups in total. The van der Waals surface area contributed by atoms with Gasteiger partial charge < -0.3 is 10.4 Å². The van der Waals surface area contributed by atoms with Crippen LogP contribution in [0.2, 0.25) is 0 Å². The number of rotatable bonds is 3. The Kier molecular flexibility index (Phi) is 3.66. The molecule has 0 unspecified atom stereocenters. The molecule has 0 saturated carbocycles. The molecule has 1 heterocycles. The second-order valence-electron chi connectivity index (χ2n) is 4.92. The topological polar surface area (TPSA) is 66.4 Å². The highest BCUT2D eigenvalue weighted by molar-refractivity contribution is 7.17. The van der Waals surface area contributed by atoms with E-state index in [1.807, 2.05) is 0 Å². The zero-order chi connectivity index (χ0) is 15.9. The minimum absolute atomic E-state index is 0.0302. The van der Waals surface area contributed by atoms with E-state index in [-0.39, 0.29) is 10.6 Å². The highest BCUT2D eigenvalue weighted by atomic mass is 32.1. The number of halogens is 2. The van der Waals surface area contributed by atoms with Crippen molar-refractivity contribution in [3.8, 4) is 0 Å². The SMILES string of the molecule is O=C(Nc1sc2c(c1C(=O)O)CCC2)c1c(F)cccc1F. The molecule has 114 valence electrons. The first kappa shape index (κ1) is 14.6. The predicted octanol–water partition coefficient (Wildman–Crippen LogP) is 3.47. The van der Waals surface area contributed by atoms with E-state index in [0.29, 0.717) is 12.0 Å². The molecule has 0 radical (unpaired) electrons. The third-order valence-electron chi connectivity index (χ3n) is 3.55. The summed E-state index contributed by atoms with van der Waals surface area (Å²) in [7, 11) is 0. The third kappa shape index (κ3) is 2.37. The van der Waals surface area contributed by atoms with E-state index >= 15 is 0 Å². The molecule has 0 fully saturated rings. The van der Waals surface area contributed by atoms with Crippen molar-refractivity contribution in [2.75, 3.05) is 5.32 Å². The summed E-state index contributed by atoms with van der Waals surface area (Å²) in [4.78, 5) is 24.4. The van der Waals surface area contributed by atoms with Crippen LogP contribution < -0.4 is 5.32 Å². The van der Waals surface area contributed by atoms with Crippen molar-refractivity contribution in [3.63, 3.8) is 0 Å². The summed E-state index contributed by atoms with van der Waals surface area (Å²) in [6, 6.07) is 3.11. The molecule has 1 aromatic heterocycles. The molecule has 1 aromatic carbocycles. The normalized spacial score (nSPS) is 13.0. The van der Waals surface area contributed by atoms with Crippen molar-refractivity contribution in [2.24, 2.45) is 0 Å². The average Bonchev–Trinajstić information content (AvgIpc) is 2.97. The van der Waals surface area contributed by atoms with Crippen LogP contribution in [-0.2, 0) is 12.8 Å². The van der Waals surface area contributed by atoms with Crippen LogP contribution in [0.25, 0.3) is 0 Å². The Bertz CT molecular complexity index is 765. The average molecular weight is 323 g/mol. The Morgan fingerprint density at radius 2 is 1.82 bits per heavy atom. The number of carboxylic acid groups (broad SMARTS) is 1. The lowest BCUT2D eigenvalue weighted by molar-refractivity contribution is 0.0697. The van der Waals surface area contributed by atoms with Gasteiger partial charge in [0, 0.05) is 4.88 Å². The van der Waals surface area contributed by atoms with Crippen molar-refractivity contribution in [2.45, 2.75) is 19.3 Å². The van der Waals surface area contributed by atoms with E-state index in [9.17, 15) is 23.5 Å². The molecule has 0 aliphatic heterocycles. The number of nitrogens with one attached hydrogen (secondary N) is 1. The van der Waals surface area contributed by atoms with Gasteiger partial charge in [0.1, 0.15) is 22.2 Å². The minimum atomic E-state index is -1.15. The van der Waals surface area contributed by atoms with E-state index in [1.165, 1.54) is 0 Å². The van der Waals surface area contributed by atoms with Gasteiger partial charge in [0.05, 0.1) is 5.56 Å². The van der Waals surface area contributed by atoms with E-state index < -0.39 is 29.1 Å². The number of aryl methyl sites for hydroxylation is 1. The summed E-state index contributed by atoms with van der Waals surface area (Å²) in [6.45, 7) is 0. The van der Waals surface area contributed by atoms with Crippen LogP contribution >= 0.6 is 11.3 Å². The molecule has 1 aliphatic carbocycles. The molecule has 3 rings (SSSR count). The van der Waals surface area contributed by atoms with Gasteiger partial charge in [-0.15, -0.1) is 11.3 Å². The second-order valence-corrected chi connectivity index (χ2v) is 6.02. The van der Waals surface area contributed by atoms with E-state index in [2.05, 4.69) is 5.32 Å². The number of thiophene rings is 1. The molecule has 0 saturated heterocycles. The van der Waals surface area contributed by atoms with Gasteiger partial charge >= 0.3 is 5.97 Å². The largest absolute Gasteiger partial charge is 0.478 e. The van der Waals surface area contributed by atoms with Crippen LogP contribution in [0.15, 0.2) is 18.2 Å². The van der Waals surface area contributed by atoms with E-state index in [1.54, 1.807) is 0 Å². The minimum Gasteiger partial charge on any atom is -0.478 e. The summed E-state index contributed by atoms with van der Waals surface area (Å²) in [5.41, 5.74) is 0.0248. The number of carboxylic acids is 1. The van der Waals surface area contributed by atoms with Crippen molar-refractivity contribution < 1.29 is 23.5 Å². The number of carbonyl (C=O) groups excluding carboxylic acids is 1. The smallest absolute Gasteiger partial charge is 0.339 e. The van der Waals surface area contributed by atoms with Crippen LogP contribution in [0.1, 0.15) is 37.6 Å². The first-order valence-electron chi connectivity index (χ1n) is 6.62. The monoisotopic (exact) mass is 323 g/mol. The summed E-state index contributed by atoms with van der Waals surface area (Å²) < 4.78 is 27.2. The van der Waals surface area contributed by atoms with Crippen LogP contribution in [0.5, 0.6) is 0 Å². The zero-order valence-corrected chi connectivity index (χ0v) is 12.1. The molecule has 1 aliphatic rings. The quantitative estimate of drug-likeness (QED) is 0.909. The highest BCUT2D eigenvalue weighted by Gasteiger charge is 2.28.